The van der Waals surface area contributed by atoms with E-state index < -0.39 is 11.7 Å². The van der Waals surface area contributed by atoms with Gasteiger partial charge in [-0.2, -0.15) is 0 Å². The van der Waals surface area contributed by atoms with Crippen LogP contribution < -0.4 is 5.32 Å². The molecule has 0 aliphatic heterocycles. The van der Waals surface area contributed by atoms with Gasteiger partial charge < -0.3 is 15.2 Å². The van der Waals surface area contributed by atoms with Crippen molar-refractivity contribution in [2.45, 2.75) is 32.8 Å². The molecule has 0 saturated carbocycles. The van der Waals surface area contributed by atoms with E-state index in [9.17, 15) is 4.79 Å². The van der Waals surface area contributed by atoms with Crippen LogP contribution in [-0.4, -0.2) is 30.0 Å². The summed E-state index contributed by atoms with van der Waals surface area (Å²) in [7, 11) is 0. The first kappa shape index (κ1) is 12.8. The number of aliphatic hydroxyl groups excluding tert-OH is 1. The molecule has 0 atom stereocenters. The van der Waals surface area contributed by atoms with Gasteiger partial charge in [0, 0.05) is 6.42 Å². The van der Waals surface area contributed by atoms with Gasteiger partial charge in [-0.05, 0) is 20.8 Å². The molecule has 0 aliphatic carbocycles. The minimum atomic E-state index is -0.484. The van der Waals surface area contributed by atoms with E-state index in [-0.39, 0.29) is 13.2 Å². The van der Waals surface area contributed by atoms with Gasteiger partial charge in [0.15, 0.2) is 0 Å². The average Bonchev–Trinajstić information content (AvgIpc) is 2.00. The first-order valence-corrected chi connectivity index (χ1v) is 4.49. The number of alkyl carbamates (subject to hydrolysis) is 1. The van der Waals surface area contributed by atoms with E-state index in [1.807, 2.05) is 0 Å². The van der Waals surface area contributed by atoms with Crippen molar-refractivity contribution in [3.63, 3.8) is 0 Å². The second-order valence-corrected chi connectivity index (χ2v) is 3.68. The van der Waals surface area contributed by atoms with Crippen molar-refractivity contribution >= 4 is 6.09 Å². The zero-order chi connectivity index (χ0) is 11.0. The highest BCUT2D eigenvalue weighted by Gasteiger charge is 2.14. The van der Waals surface area contributed by atoms with E-state index >= 15 is 0 Å². The largest absolute Gasteiger partial charge is 0.444 e. The minimum Gasteiger partial charge on any atom is -0.444 e. The van der Waals surface area contributed by atoms with Crippen LogP contribution in [0.15, 0.2) is 0 Å². The summed E-state index contributed by atoms with van der Waals surface area (Å²) in [5, 5.41) is 10.9. The molecule has 0 saturated heterocycles. The summed E-state index contributed by atoms with van der Waals surface area (Å²) in [4.78, 5) is 11.0. The van der Waals surface area contributed by atoms with Crippen molar-refractivity contribution in [2.24, 2.45) is 0 Å². The molecule has 14 heavy (non-hydrogen) atoms. The van der Waals surface area contributed by atoms with Gasteiger partial charge in [-0.1, -0.05) is 11.8 Å². The van der Waals surface area contributed by atoms with Crippen molar-refractivity contribution in [2.75, 3.05) is 13.2 Å². The number of amides is 1. The highest BCUT2D eigenvalue weighted by atomic mass is 16.6. The van der Waals surface area contributed by atoms with Gasteiger partial charge in [0.1, 0.15) is 5.60 Å². The van der Waals surface area contributed by atoms with E-state index in [1.165, 1.54) is 0 Å². The normalized spacial score (nSPS) is 10.0. The molecule has 4 heteroatoms. The zero-order valence-corrected chi connectivity index (χ0v) is 8.89. The SMILES string of the molecule is CC(C)(C)OC(=O)NCC#CCCO. The maximum Gasteiger partial charge on any atom is 0.408 e. The Morgan fingerprint density at radius 3 is 2.57 bits per heavy atom. The van der Waals surface area contributed by atoms with Gasteiger partial charge in [0.2, 0.25) is 0 Å². The predicted molar refractivity (Wildman–Crippen MR) is 53.7 cm³/mol. The second-order valence-electron chi connectivity index (χ2n) is 3.68. The summed E-state index contributed by atoms with van der Waals surface area (Å²) in [6, 6.07) is 0. The number of nitrogens with one attached hydrogen (secondary N) is 1. The Labute approximate surface area is 84.6 Å². The predicted octanol–water partition coefficient (Wildman–Crippen LogP) is 0.897. The number of hydrogen-bond donors (Lipinski definition) is 2. The van der Waals surface area contributed by atoms with E-state index in [4.69, 9.17) is 9.84 Å². The molecule has 0 spiro atoms. The van der Waals surface area contributed by atoms with Crippen LogP contribution in [0.2, 0.25) is 0 Å². The van der Waals surface area contributed by atoms with Crippen LogP contribution in [0.25, 0.3) is 0 Å². The van der Waals surface area contributed by atoms with E-state index in [1.54, 1.807) is 20.8 Å². The molecule has 80 valence electrons. The lowest BCUT2D eigenvalue weighted by Crippen LogP contribution is -2.32. The Morgan fingerprint density at radius 2 is 2.07 bits per heavy atom. The molecule has 0 heterocycles. The van der Waals surface area contributed by atoms with Crippen LogP contribution in [0.1, 0.15) is 27.2 Å². The summed E-state index contributed by atoms with van der Waals surface area (Å²) >= 11 is 0. The lowest BCUT2D eigenvalue weighted by atomic mass is 10.2. The van der Waals surface area contributed by atoms with E-state index in [0.29, 0.717) is 6.42 Å². The van der Waals surface area contributed by atoms with Gasteiger partial charge in [-0.15, -0.1) is 0 Å². The smallest absolute Gasteiger partial charge is 0.408 e. The Morgan fingerprint density at radius 1 is 1.43 bits per heavy atom. The summed E-state index contributed by atoms with van der Waals surface area (Å²) in [6.07, 6.45) is -0.0495. The summed E-state index contributed by atoms with van der Waals surface area (Å²) in [5.74, 6) is 5.36. The van der Waals surface area contributed by atoms with Crippen LogP contribution in [-0.2, 0) is 4.74 Å². The third kappa shape index (κ3) is 8.88. The average molecular weight is 199 g/mol. The topological polar surface area (TPSA) is 58.6 Å². The molecule has 0 radical (unpaired) electrons. The fraction of sp³-hybridized carbons (Fsp3) is 0.700. The number of carbonyl (C=O) groups is 1. The van der Waals surface area contributed by atoms with Crippen molar-refractivity contribution in [1.29, 1.82) is 0 Å². The molecule has 0 aromatic heterocycles. The maximum absolute atomic E-state index is 11.0. The van der Waals surface area contributed by atoms with Gasteiger partial charge in [0.05, 0.1) is 13.2 Å². The first-order valence-electron chi connectivity index (χ1n) is 4.49. The Kier molecular flexibility index (Phi) is 5.73. The quantitative estimate of drug-likeness (QED) is 0.649. The molecular formula is C10H17NO3. The number of aliphatic hydroxyl groups is 1. The summed E-state index contributed by atoms with van der Waals surface area (Å²) in [6.45, 7) is 5.67. The maximum atomic E-state index is 11.0. The first-order chi connectivity index (χ1) is 6.45. The molecule has 0 aromatic rings. The molecule has 0 aliphatic rings. The molecule has 0 rings (SSSR count). The molecule has 0 aromatic carbocycles. The minimum absolute atomic E-state index is 0.0411. The van der Waals surface area contributed by atoms with E-state index in [2.05, 4.69) is 17.2 Å². The van der Waals surface area contributed by atoms with Crippen molar-refractivity contribution in [3.8, 4) is 11.8 Å². The summed E-state index contributed by atoms with van der Waals surface area (Å²) in [5.41, 5.74) is -0.484. The lowest BCUT2D eigenvalue weighted by molar-refractivity contribution is 0.0535. The van der Waals surface area contributed by atoms with Crippen molar-refractivity contribution in [3.05, 3.63) is 0 Å². The van der Waals surface area contributed by atoms with Crippen LogP contribution in [0.4, 0.5) is 4.79 Å². The Balaban J connectivity index is 3.62. The standard InChI is InChI=1S/C10H17NO3/c1-10(2,3)14-9(13)11-7-5-4-6-8-12/h12H,6-8H2,1-3H3,(H,11,13). The molecule has 2 N–H and O–H groups in total. The van der Waals surface area contributed by atoms with E-state index in [0.717, 1.165) is 0 Å². The molecule has 0 bridgehead atoms. The third-order valence-corrected chi connectivity index (χ3v) is 1.08. The molecule has 4 nitrogen and oxygen atoms in total. The zero-order valence-electron chi connectivity index (χ0n) is 8.89. The van der Waals surface area contributed by atoms with Crippen LogP contribution in [0.5, 0.6) is 0 Å². The molecule has 0 fully saturated rings. The Bertz CT molecular complexity index is 232. The van der Waals surface area contributed by atoms with Crippen molar-refractivity contribution < 1.29 is 14.6 Å². The number of hydrogen-bond acceptors (Lipinski definition) is 3. The fourth-order valence-corrected chi connectivity index (χ4v) is 0.637. The second kappa shape index (κ2) is 6.28. The van der Waals surface area contributed by atoms with Crippen LogP contribution in [0, 0.1) is 11.8 Å². The monoisotopic (exact) mass is 199 g/mol. The number of ether oxygens (including phenoxy) is 1. The number of carbonyl (C=O) groups excluding carboxylic acids is 1. The van der Waals surface area contributed by atoms with Gasteiger partial charge in [-0.25, -0.2) is 4.79 Å². The van der Waals surface area contributed by atoms with Gasteiger partial charge >= 0.3 is 6.09 Å². The molecule has 0 unspecified atom stereocenters. The summed E-state index contributed by atoms with van der Waals surface area (Å²) < 4.78 is 4.98. The van der Waals surface area contributed by atoms with Gasteiger partial charge in [0.25, 0.3) is 0 Å². The highest BCUT2D eigenvalue weighted by Crippen LogP contribution is 2.05. The number of rotatable bonds is 2. The van der Waals surface area contributed by atoms with Crippen molar-refractivity contribution in [1.82, 2.24) is 5.32 Å². The molecular weight excluding hydrogens is 182 g/mol. The highest BCUT2D eigenvalue weighted by molar-refractivity contribution is 5.67. The Hall–Kier alpha value is -1.21. The van der Waals surface area contributed by atoms with Crippen LogP contribution >= 0.6 is 0 Å². The van der Waals surface area contributed by atoms with Crippen LogP contribution in [0.3, 0.4) is 0 Å². The van der Waals surface area contributed by atoms with Gasteiger partial charge in [-0.3, -0.25) is 0 Å². The fourth-order valence-electron chi connectivity index (χ4n) is 0.637. The lowest BCUT2D eigenvalue weighted by Gasteiger charge is -2.18. The molecule has 1 amide bonds. The third-order valence-electron chi connectivity index (χ3n) is 1.08.